The molecule has 190 valence electrons. The van der Waals surface area contributed by atoms with E-state index in [1.807, 2.05) is 36.4 Å². The van der Waals surface area contributed by atoms with E-state index in [9.17, 15) is 19.8 Å². The van der Waals surface area contributed by atoms with E-state index >= 15 is 0 Å². The first-order valence-corrected chi connectivity index (χ1v) is 12.5. The van der Waals surface area contributed by atoms with E-state index in [1.165, 1.54) is 0 Å². The number of rotatable bonds is 9. The van der Waals surface area contributed by atoms with Crippen LogP contribution in [0.15, 0.2) is 60.8 Å². The maximum Gasteiger partial charge on any atom is 0.270 e. The highest BCUT2D eigenvalue weighted by Crippen LogP contribution is 2.39. The lowest BCUT2D eigenvalue weighted by Gasteiger charge is -2.41. The average molecular weight is 491 g/mol. The Hall–Kier alpha value is -3.36. The summed E-state index contributed by atoms with van der Waals surface area (Å²) in [6.45, 7) is 2.12. The topological polar surface area (TPSA) is 138 Å². The molecule has 1 saturated carbocycles. The van der Waals surface area contributed by atoms with Gasteiger partial charge in [0.15, 0.2) is 5.65 Å². The van der Waals surface area contributed by atoms with E-state index in [2.05, 4.69) is 22.2 Å². The van der Waals surface area contributed by atoms with Crippen LogP contribution in [-0.2, 0) is 11.2 Å². The normalized spacial score (nSPS) is 22.5. The quantitative estimate of drug-likeness (QED) is 0.364. The number of hydrogen-bond acceptors (Lipinski definition) is 6. The predicted octanol–water partition coefficient (Wildman–Crippen LogP) is 2.76. The molecule has 0 aliphatic heterocycles. The summed E-state index contributed by atoms with van der Waals surface area (Å²) >= 11 is 0. The van der Waals surface area contributed by atoms with E-state index < -0.39 is 35.5 Å². The van der Waals surface area contributed by atoms with E-state index in [1.54, 1.807) is 24.4 Å². The van der Waals surface area contributed by atoms with Gasteiger partial charge in [-0.3, -0.25) is 9.59 Å². The number of nitrogens with one attached hydrogen (secondary N) is 1. The Morgan fingerprint density at radius 2 is 1.83 bits per heavy atom. The Labute approximate surface area is 211 Å². The van der Waals surface area contributed by atoms with Crippen LogP contribution < -0.4 is 11.1 Å². The Bertz CT molecular complexity index is 1190. The molecule has 2 heterocycles. The van der Waals surface area contributed by atoms with Crippen LogP contribution in [0.25, 0.3) is 11.0 Å². The van der Waals surface area contributed by atoms with Crippen molar-refractivity contribution in [2.75, 3.05) is 0 Å². The molecule has 1 aliphatic carbocycles. The van der Waals surface area contributed by atoms with Gasteiger partial charge in [-0.2, -0.15) is 0 Å². The van der Waals surface area contributed by atoms with Crippen molar-refractivity contribution in [2.45, 2.75) is 63.2 Å². The van der Waals surface area contributed by atoms with Gasteiger partial charge in [-0.05, 0) is 74.3 Å². The number of carbonyl (C=O) groups is 2. The lowest BCUT2D eigenvalue weighted by molar-refractivity contribution is -0.138. The number of hydrogen-bond donors (Lipinski definition) is 4. The molecular weight excluding hydrogens is 456 g/mol. The molecular formula is C28H34N4O4. The number of amides is 2. The van der Waals surface area contributed by atoms with Gasteiger partial charge in [0.05, 0.1) is 23.7 Å². The lowest BCUT2D eigenvalue weighted by atomic mass is 9.70. The first-order chi connectivity index (χ1) is 17.2. The molecule has 0 saturated heterocycles. The van der Waals surface area contributed by atoms with Crippen LogP contribution in [0.5, 0.6) is 0 Å². The number of fused-ring (bicyclic) bond motifs is 1. The average Bonchev–Trinajstić information content (AvgIpc) is 2.88. The van der Waals surface area contributed by atoms with Gasteiger partial charge >= 0.3 is 0 Å². The number of aromatic nitrogens is 2. The molecule has 1 aliphatic rings. The first kappa shape index (κ1) is 25.7. The molecule has 3 atom stereocenters. The molecule has 3 unspecified atom stereocenters. The highest BCUT2D eigenvalue weighted by Gasteiger charge is 2.44. The third kappa shape index (κ3) is 6.06. The minimum atomic E-state index is -1.26. The molecule has 2 amide bonds. The van der Waals surface area contributed by atoms with Gasteiger partial charge in [-0.25, -0.2) is 9.97 Å². The molecule has 4 rings (SSSR count). The number of nitrogens with zero attached hydrogens (tertiary/aromatic N) is 2. The highest BCUT2D eigenvalue weighted by atomic mass is 16.3. The summed E-state index contributed by atoms with van der Waals surface area (Å²) in [4.78, 5) is 34.1. The zero-order valence-electron chi connectivity index (χ0n) is 20.5. The van der Waals surface area contributed by atoms with Gasteiger partial charge in [0.2, 0.25) is 5.91 Å². The number of primary amides is 1. The molecule has 0 bridgehead atoms. The SMILES string of the molecule is CC1CCC(O)(C(CC(O)C(Cc2ccccc2)NC(=O)c2ccc3cccnc3n2)C(N)=O)CC1. The van der Waals surface area contributed by atoms with E-state index in [0.717, 1.165) is 23.8 Å². The monoisotopic (exact) mass is 490 g/mol. The second kappa shape index (κ2) is 11.1. The summed E-state index contributed by atoms with van der Waals surface area (Å²) in [5, 5.41) is 26.3. The molecule has 8 heteroatoms. The molecule has 2 aromatic heterocycles. The van der Waals surface area contributed by atoms with E-state index in [-0.39, 0.29) is 12.1 Å². The Kier molecular flexibility index (Phi) is 7.96. The van der Waals surface area contributed by atoms with Crippen LogP contribution in [0.3, 0.4) is 0 Å². The second-order valence-electron chi connectivity index (χ2n) is 10.1. The van der Waals surface area contributed by atoms with Crippen LogP contribution in [0.2, 0.25) is 0 Å². The third-order valence-corrected chi connectivity index (χ3v) is 7.39. The fourth-order valence-corrected chi connectivity index (χ4v) is 5.09. The summed E-state index contributed by atoms with van der Waals surface area (Å²) in [5.74, 6) is -1.54. The number of carbonyl (C=O) groups excluding carboxylic acids is 2. The molecule has 36 heavy (non-hydrogen) atoms. The van der Waals surface area contributed by atoms with Crippen molar-refractivity contribution in [2.24, 2.45) is 17.6 Å². The smallest absolute Gasteiger partial charge is 0.270 e. The van der Waals surface area contributed by atoms with Gasteiger partial charge in [0.25, 0.3) is 5.91 Å². The van der Waals surface area contributed by atoms with Crippen molar-refractivity contribution < 1.29 is 19.8 Å². The fourth-order valence-electron chi connectivity index (χ4n) is 5.09. The van der Waals surface area contributed by atoms with Gasteiger partial charge in [0.1, 0.15) is 5.69 Å². The minimum absolute atomic E-state index is 0.0509. The van der Waals surface area contributed by atoms with Crippen LogP contribution in [0, 0.1) is 11.8 Å². The highest BCUT2D eigenvalue weighted by molar-refractivity contribution is 5.94. The molecule has 0 spiro atoms. The standard InChI is InChI=1S/C28H34N4O4/c1-18-11-13-28(36,14-12-18)21(25(29)34)17-24(33)23(16-19-6-3-2-4-7-19)32-27(35)22-10-9-20-8-5-15-30-26(20)31-22/h2-10,15,18,21,23-24,33,36H,11-14,16-17H2,1H3,(H2,29,34)(H,32,35). The second-order valence-corrected chi connectivity index (χ2v) is 10.1. The Morgan fingerprint density at radius 3 is 2.53 bits per heavy atom. The molecule has 3 aromatic rings. The van der Waals surface area contributed by atoms with Crippen molar-refractivity contribution in [1.82, 2.24) is 15.3 Å². The zero-order valence-corrected chi connectivity index (χ0v) is 20.5. The van der Waals surface area contributed by atoms with Gasteiger partial charge in [-0.1, -0.05) is 37.3 Å². The van der Waals surface area contributed by atoms with E-state index in [4.69, 9.17) is 5.73 Å². The maximum atomic E-state index is 13.2. The Morgan fingerprint density at radius 1 is 1.11 bits per heavy atom. The molecule has 0 radical (unpaired) electrons. The van der Waals surface area contributed by atoms with Crippen molar-refractivity contribution in [3.05, 3.63) is 72.1 Å². The van der Waals surface area contributed by atoms with Crippen LogP contribution in [0.4, 0.5) is 0 Å². The Balaban J connectivity index is 1.55. The van der Waals surface area contributed by atoms with Crippen molar-refractivity contribution in [1.29, 1.82) is 0 Å². The van der Waals surface area contributed by atoms with Crippen molar-refractivity contribution in [3.63, 3.8) is 0 Å². The predicted molar refractivity (Wildman–Crippen MR) is 137 cm³/mol. The summed E-state index contributed by atoms with van der Waals surface area (Å²) in [7, 11) is 0. The fraction of sp³-hybridized carbons (Fsp3) is 0.429. The molecule has 1 aromatic carbocycles. The molecule has 5 N–H and O–H groups in total. The molecule has 8 nitrogen and oxygen atoms in total. The summed E-state index contributed by atoms with van der Waals surface area (Å²) < 4.78 is 0. The number of nitrogens with two attached hydrogens (primary N) is 1. The number of aliphatic hydroxyl groups is 2. The largest absolute Gasteiger partial charge is 0.391 e. The first-order valence-electron chi connectivity index (χ1n) is 12.5. The van der Waals surface area contributed by atoms with Crippen LogP contribution in [0.1, 0.15) is 55.1 Å². The number of benzene rings is 1. The summed E-state index contributed by atoms with van der Waals surface area (Å²) in [6.07, 6.45) is 3.28. The van der Waals surface area contributed by atoms with Crippen molar-refractivity contribution >= 4 is 22.8 Å². The van der Waals surface area contributed by atoms with Gasteiger partial charge in [0, 0.05) is 11.6 Å². The maximum absolute atomic E-state index is 13.2. The molecule has 1 fully saturated rings. The minimum Gasteiger partial charge on any atom is -0.391 e. The van der Waals surface area contributed by atoms with Crippen LogP contribution >= 0.6 is 0 Å². The summed E-state index contributed by atoms with van der Waals surface area (Å²) in [5.41, 5.74) is 6.00. The van der Waals surface area contributed by atoms with E-state index in [0.29, 0.717) is 30.8 Å². The van der Waals surface area contributed by atoms with Gasteiger partial charge < -0.3 is 21.3 Å². The third-order valence-electron chi connectivity index (χ3n) is 7.39. The number of aliphatic hydroxyl groups excluding tert-OH is 1. The summed E-state index contributed by atoms with van der Waals surface area (Å²) in [6, 6.07) is 15.8. The van der Waals surface area contributed by atoms with Gasteiger partial charge in [-0.15, -0.1) is 0 Å². The number of pyridine rings is 2. The lowest BCUT2D eigenvalue weighted by Crippen LogP contribution is -2.52. The van der Waals surface area contributed by atoms with Crippen LogP contribution in [-0.4, -0.2) is 49.7 Å². The zero-order chi connectivity index (χ0) is 25.7. The van der Waals surface area contributed by atoms with Crippen molar-refractivity contribution in [3.8, 4) is 0 Å².